The largest absolute Gasteiger partial charge is 0.506 e. The van der Waals surface area contributed by atoms with Gasteiger partial charge in [-0.2, -0.15) is 0 Å². The molecule has 0 atom stereocenters. The van der Waals surface area contributed by atoms with E-state index in [2.05, 4.69) is 4.99 Å². The number of thioether (sulfide) groups is 1. The summed E-state index contributed by atoms with van der Waals surface area (Å²) in [6.07, 6.45) is 1.50. The number of rotatable bonds is 5. The van der Waals surface area contributed by atoms with Gasteiger partial charge in [-0.3, -0.25) is 19.5 Å². The molecule has 0 saturated carbocycles. The zero-order valence-electron chi connectivity index (χ0n) is 13.2. The van der Waals surface area contributed by atoms with E-state index in [0.29, 0.717) is 15.6 Å². The van der Waals surface area contributed by atoms with E-state index < -0.39 is 5.97 Å². The molecule has 24 heavy (non-hydrogen) atoms. The van der Waals surface area contributed by atoms with Gasteiger partial charge in [0.2, 0.25) is 0 Å². The number of hydrogen-bond acceptors (Lipinski definition) is 5. The maximum atomic E-state index is 12.5. The van der Waals surface area contributed by atoms with Gasteiger partial charge in [0.1, 0.15) is 5.75 Å². The predicted octanol–water partition coefficient (Wildman–Crippen LogP) is 3.20. The molecule has 8 heteroatoms. The van der Waals surface area contributed by atoms with Crippen molar-refractivity contribution in [3.05, 3.63) is 33.7 Å². The molecule has 1 aromatic carbocycles. The molecule has 1 saturated heterocycles. The smallest absolute Gasteiger partial charge is 0.305 e. The highest BCUT2D eigenvalue weighted by molar-refractivity contribution is 8.18. The number of aliphatic carboxylic acids is 1. The van der Waals surface area contributed by atoms with E-state index in [-0.39, 0.29) is 35.7 Å². The Balaban J connectivity index is 2.31. The summed E-state index contributed by atoms with van der Waals surface area (Å²) in [5.74, 6) is -1.29. The van der Waals surface area contributed by atoms with Crippen LogP contribution in [-0.2, 0) is 9.59 Å². The van der Waals surface area contributed by atoms with E-state index in [0.717, 1.165) is 0 Å². The Labute approximate surface area is 148 Å². The van der Waals surface area contributed by atoms with Gasteiger partial charge in [-0.15, -0.1) is 0 Å². The van der Waals surface area contributed by atoms with Crippen LogP contribution in [0.2, 0.25) is 5.02 Å². The Morgan fingerprint density at radius 3 is 2.75 bits per heavy atom. The quantitative estimate of drug-likeness (QED) is 0.779. The molecule has 0 bridgehead atoms. The van der Waals surface area contributed by atoms with Crippen molar-refractivity contribution in [2.75, 3.05) is 6.54 Å². The first-order chi connectivity index (χ1) is 11.3. The van der Waals surface area contributed by atoms with Gasteiger partial charge in [0.15, 0.2) is 5.17 Å². The number of phenolic OH excluding ortho intramolecular Hbond substituents is 1. The van der Waals surface area contributed by atoms with Crippen LogP contribution in [0.1, 0.15) is 25.8 Å². The second-order valence-electron chi connectivity index (χ2n) is 5.43. The molecule has 0 unspecified atom stereocenters. The Bertz CT molecular complexity index is 731. The number of aromatic hydroxyl groups is 1. The molecule has 128 valence electrons. The Kier molecular flexibility index (Phi) is 5.90. The van der Waals surface area contributed by atoms with Gasteiger partial charge in [-0.05, 0) is 49.4 Å². The lowest BCUT2D eigenvalue weighted by molar-refractivity contribution is -0.137. The fourth-order valence-electron chi connectivity index (χ4n) is 1.99. The van der Waals surface area contributed by atoms with Crippen molar-refractivity contribution in [3.8, 4) is 5.75 Å². The summed E-state index contributed by atoms with van der Waals surface area (Å²) in [7, 11) is 0. The minimum atomic E-state index is -0.973. The van der Waals surface area contributed by atoms with Gasteiger partial charge in [-0.25, -0.2) is 0 Å². The first kappa shape index (κ1) is 18.4. The van der Waals surface area contributed by atoms with Crippen molar-refractivity contribution in [2.24, 2.45) is 4.99 Å². The number of halogens is 1. The summed E-state index contributed by atoms with van der Waals surface area (Å²) in [6.45, 7) is 3.84. The van der Waals surface area contributed by atoms with Crippen LogP contribution in [0.3, 0.4) is 0 Å². The summed E-state index contributed by atoms with van der Waals surface area (Å²) in [4.78, 5) is 29.6. The molecule has 0 aliphatic carbocycles. The maximum absolute atomic E-state index is 12.5. The summed E-state index contributed by atoms with van der Waals surface area (Å²) >= 11 is 7.08. The number of nitrogens with zero attached hydrogens (tertiary/aromatic N) is 2. The second-order valence-corrected chi connectivity index (χ2v) is 6.84. The topological polar surface area (TPSA) is 90.2 Å². The number of carboxylic acid groups (broad SMARTS) is 1. The van der Waals surface area contributed by atoms with Gasteiger partial charge < -0.3 is 10.2 Å². The van der Waals surface area contributed by atoms with E-state index in [1.807, 2.05) is 13.8 Å². The molecular formula is C16H17ClN2O4S. The van der Waals surface area contributed by atoms with Crippen LogP contribution < -0.4 is 0 Å². The van der Waals surface area contributed by atoms with Crippen LogP contribution in [0.25, 0.3) is 6.08 Å². The molecule has 0 radical (unpaired) electrons. The van der Waals surface area contributed by atoms with Gasteiger partial charge in [-0.1, -0.05) is 17.7 Å². The molecule has 6 nitrogen and oxygen atoms in total. The molecule has 1 aliphatic rings. The third-order valence-corrected chi connectivity index (χ3v) is 4.40. The predicted molar refractivity (Wildman–Crippen MR) is 95.2 cm³/mol. The summed E-state index contributed by atoms with van der Waals surface area (Å²) < 4.78 is 0. The molecule has 0 spiro atoms. The molecule has 2 N–H and O–H groups in total. The van der Waals surface area contributed by atoms with E-state index in [4.69, 9.17) is 16.7 Å². The highest BCUT2D eigenvalue weighted by atomic mass is 35.5. The Morgan fingerprint density at radius 1 is 1.46 bits per heavy atom. The number of carbonyl (C=O) groups is 2. The first-order valence-electron chi connectivity index (χ1n) is 7.27. The number of carbonyl (C=O) groups excluding carboxylic acids is 1. The zero-order chi connectivity index (χ0) is 17.9. The molecule has 2 rings (SSSR count). The number of phenols is 1. The van der Waals surface area contributed by atoms with Crippen molar-refractivity contribution in [2.45, 2.75) is 26.3 Å². The van der Waals surface area contributed by atoms with Crippen molar-refractivity contribution in [1.82, 2.24) is 4.90 Å². The highest BCUT2D eigenvalue weighted by Crippen LogP contribution is 2.34. The number of amidine groups is 1. The van der Waals surface area contributed by atoms with Crippen LogP contribution in [-0.4, -0.2) is 44.7 Å². The number of carboxylic acids is 1. The highest BCUT2D eigenvalue weighted by Gasteiger charge is 2.33. The van der Waals surface area contributed by atoms with Gasteiger partial charge >= 0.3 is 5.97 Å². The third kappa shape index (κ3) is 4.52. The van der Waals surface area contributed by atoms with Gasteiger partial charge in [0.05, 0.1) is 16.3 Å². The first-order valence-corrected chi connectivity index (χ1v) is 8.47. The molecule has 1 amide bonds. The fraction of sp³-hybridized carbons (Fsp3) is 0.312. The van der Waals surface area contributed by atoms with Crippen LogP contribution >= 0.6 is 23.4 Å². The summed E-state index contributed by atoms with van der Waals surface area (Å²) in [6, 6.07) is 4.62. The number of hydrogen-bond donors (Lipinski definition) is 2. The third-order valence-electron chi connectivity index (χ3n) is 3.08. The lowest BCUT2D eigenvalue weighted by atomic mass is 10.2. The molecule has 1 aromatic rings. The normalized spacial score (nSPS) is 18.2. The van der Waals surface area contributed by atoms with Crippen LogP contribution in [0, 0.1) is 0 Å². The van der Waals surface area contributed by atoms with Crippen molar-refractivity contribution < 1.29 is 19.8 Å². The minimum absolute atomic E-state index is 0.0184. The zero-order valence-corrected chi connectivity index (χ0v) is 14.8. The SMILES string of the molecule is CC(C)N=C1S/C(=C\c2ccc(O)c(Cl)c2)C(=O)N1CCC(=O)O. The number of amides is 1. The average Bonchev–Trinajstić information content (AvgIpc) is 2.76. The second kappa shape index (κ2) is 7.72. The molecule has 1 aliphatic heterocycles. The lowest BCUT2D eigenvalue weighted by Gasteiger charge is -2.14. The van der Waals surface area contributed by atoms with Crippen LogP contribution in [0.5, 0.6) is 5.75 Å². The Morgan fingerprint density at radius 2 is 2.17 bits per heavy atom. The van der Waals surface area contributed by atoms with Crippen molar-refractivity contribution in [1.29, 1.82) is 0 Å². The summed E-state index contributed by atoms with van der Waals surface area (Å²) in [5.41, 5.74) is 0.664. The Hall–Kier alpha value is -1.99. The maximum Gasteiger partial charge on any atom is 0.305 e. The van der Waals surface area contributed by atoms with E-state index in [9.17, 15) is 14.7 Å². The number of aliphatic imine (C=N–C) groups is 1. The van der Waals surface area contributed by atoms with Crippen LogP contribution in [0.15, 0.2) is 28.1 Å². The molecule has 1 fully saturated rings. The van der Waals surface area contributed by atoms with Crippen molar-refractivity contribution in [3.63, 3.8) is 0 Å². The van der Waals surface area contributed by atoms with Crippen molar-refractivity contribution >= 4 is 46.5 Å². The molecular weight excluding hydrogens is 352 g/mol. The number of benzene rings is 1. The van der Waals surface area contributed by atoms with E-state index >= 15 is 0 Å². The fourth-order valence-corrected chi connectivity index (χ4v) is 3.32. The lowest BCUT2D eigenvalue weighted by Crippen LogP contribution is -2.31. The van der Waals surface area contributed by atoms with Gasteiger partial charge in [0, 0.05) is 12.6 Å². The minimum Gasteiger partial charge on any atom is -0.506 e. The summed E-state index contributed by atoms with van der Waals surface area (Å²) in [5, 5.41) is 19.0. The van der Waals surface area contributed by atoms with Gasteiger partial charge in [0.25, 0.3) is 5.91 Å². The standard InChI is InChI=1S/C16H17ClN2O4S/c1-9(2)18-16-19(6-5-14(21)22)15(23)13(24-16)8-10-3-4-12(20)11(17)7-10/h3-4,7-9,20H,5-6H2,1-2H3,(H,21,22)/b13-8-,18-16?. The monoisotopic (exact) mass is 368 g/mol. The average molecular weight is 369 g/mol. The van der Waals surface area contributed by atoms with E-state index in [1.54, 1.807) is 18.2 Å². The van der Waals surface area contributed by atoms with E-state index in [1.165, 1.54) is 22.7 Å². The van der Waals surface area contributed by atoms with Crippen LogP contribution in [0.4, 0.5) is 0 Å². The molecule has 1 heterocycles. The molecule has 0 aromatic heterocycles.